The van der Waals surface area contributed by atoms with Gasteiger partial charge in [-0.2, -0.15) is 13.2 Å². The maximum Gasteiger partial charge on any atom is 0.417 e. The molecule has 2 nitrogen and oxygen atoms in total. The van der Waals surface area contributed by atoms with E-state index in [1.165, 1.54) is 0 Å². The summed E-state index contributed by atoms with van der Waals surface area (Å²) in [6.45, 7) is 0. The standard InChI is InChI=1S/C20H13F3N2/c21-20(22,23)17-14-10-9-11-5-1-2-6-12(11)18(14)25-19-16(17)13-7-3-4-8-15(13)24-19/h1-8H,9-10H2,(H,24,25). The van der Waals surface area contributed by atoms with Crippen molar-refractivity contribution in [2.75, 3.05) is 0 Å². The van der Waals surface area contributed by atoms with Gasteiger partial charge in [-0.3, -0.25) is 0 Å². The number of aromatic amines is 1. The van der Waals surface area contributed by atoms with E-state index in [1.807, 2.05) is 24.3 Å². The number of rotatable bonds is 0. The summed E-state index contributed by atoms with van der Waals surface area (Å²) in [5.41, 5.74) is 3.03. The van der Waals surface area contributed by atoms with E-state index in [-0.39, 0.29) is 5.39 Å². The third-order valence-corrected chi connectivity index (χ3v) is 4.95. The summed E-state index contributed by atoms with van der Waals surface area (Å²) >= 11 is 0. The van der Waals surface area contributed by atoms with Gasteiger partial charge in [-0.15, -0.1) is 0 Å². The van der Waals surface area contributed by atoms with Gasteiger partial charge in [0.25, 0.3) is 0 Å². The van der Waals surface area contributed by atoms with Crippen molar-refractivity contribution < 1.29 is 13.2 Å². The second kappa shape index (κ2) is 4.85. The minimum Gasteiger partial charge on any atom is -0.339 e. The second-order valence-corrected chi connectivity index (χ2v) is 6.36. The highest BCUT2D eigenvalue weighted by atomic mass is 19.4. The summed E-state index contributed by atoms with van der Waals surface area (Å²) in [5, 5.41) is 0.750. The van der Waals surface area contributed by atoms with Crippen molar-refractivity contribution in [1.82, 2.24) is 9.97 Å². The van der Waals surface area contributed by atoms with Crippen LogP contribution in [0.2, 0.25) is 0 Å². The van der Waals surface area contributed by atoms with Gasteiger partial charge in [0, 0.05) is 21.9 Å². The van der Waals surface area contributed by atoms with Gasteiger partial charge in [0.05, 0.1) is 11.3 Å². The zero-order valence-electron chi connectivity index (χ0n) is 13.1. The molecule has 0 unspecified atom stereocenters. The zero-order valence-corrected chi connectivity index (χ0v) is 13.1. The normalized spacial score (nSPS) is 13.9. The Morgan fingerprint density at radius 1 is 0.920 bits per heavy atom. The number of nitrogens with one attached hydrogen (secondary N) is 1. The van der Waals surface area contributed by atoms with Crippen LogP contribution in [0, 0.1) is 0 Å². The summed E-state index contributed by atoms with van der Waals surface area (Å²) in [5.74, 6) is 0. The molecule has 1 aliphatic rings. The fourth-order valence-corrected chi connectivity index (χ4v) is 3.92. The molecule has 0 aliphatic heterocycles. The number of benzene rings is 2. The first kappa shape index (κ1) is 14.5. The van der Waals surface area contributed by atoms with Crippen molar-refractivity contribution >= 4 is 21.9 Å². The maximum atomic E-state index is 14.0. The van der Waals surface area contributed by atoms with Crippen LogP contribution in [-0.2, 0) is 19.0 Å². The van der Waals surface area contributed by atoms with E-state index >= 15 is 0 Å². The van der Waals surface area contributed by atoms with Crippen molar-refractivity contribution in [3.8, 4) is 11.3 Å². The van der Waals surface area contributed by atoms with E-state index in [9.17, 15) is 13.2 Å². The molecule has 1 N–H and O–H groups in total. The van der Waals surface area contributed by atoms with E-state index in [4.69, 9.17) is 0 Å². The van der Waals surface area contributed by atoms with E-state index in [0.29, 0.717) is 40.6 Å². The monoisotopic (exact) mass is 338 g/mol. The lowest BCUT2D eigenvalue weighted by molar-refractivity contribution is -0.136. The Morgan fingerprint density at radius 2 is 1.68 bits per heavy atom. The molecule has 0 amide bonds. The number of hydrogen-bond acceptors (Lipinski definition) is 1. The molecule has 5 rings (SSSR count). The second-order valence-electron chi connectivity index (χ2n) is 6.36. The predicted molar refractivity (Wildman–Crippen MR) is 91.4 cm³/mol. The minimum atomic E-state index is -4.43. The number of hydrogen-bond donors (Lipinski definition) is 1. The van der Waals surface area contributed by atoms with Crippen LogP contribution in [0.1, 0.15) is 16.7 Å². The van der Waals surface area contributed by atoms with E-state index in [1.54, 1.807) is 24.3 Å². The Morgan fingerprint density at radius 3 is 2.52 bits per heavy atom. The molecule has 0 bridgehead atoms. The van der Waals surface area contributed by atoms with Crippen LogP contribution in [0.3, 0.4) is 0 Å². The lowest BCUT2D eigenvalue weighted by Gasteiger charge is -2.23. The Labute approximate surface area is 141 Å². The summed E-state index contributed by atoms with van der Waals surface area (Å²) < 4.78 is 42.1. The molecule has 25 heavy (non-hydrogen) atoms. The maximum absolute atomic E-state index is 14.0. The number of aromatic nitrogens is 2. The zero-order chi connectivity index (χ0) is 17.2. The average Bonchev–Trinajstić information content (AvgIpc) is 2.96. The highest BCUT2D eigenvalue weighted by Crippen LogP contribution is 2.45. The van der Waals surface area contributed by atoms with Gasteiger partial charge in [-0.1, -0.05) is 42.5 Å². The first-order valence-electron chi connectivity index (χ1n) is 8.13. The van der Waals surface area contributed by atoms with E-state index in [0.717, 1.165) is 11.1 Å². The molecule has 0 saturated heterocycles. The molecule has 2 aromatic carbocycles. The molecule has 2 aromatic heterocycles. The van der Waals surface area contributed by atoms with Crippen LogP contribution in [0.4, 0.5) is 13.2 Å². The molecule has 4 aromatic rings. The average molecular weight is 338 g/mol. The van der Waals surface area contributed by atoms with Crippen LogP contribution in [0.5, 0.6) is 0 Å². The van der Waals surface area contributed by atoms with Crippen LogP contribution in [-0.4, -0.2) is 9.97 Å². The van der Waals surface area contributed by atoms with Crippen LogP contribution in [0.15, 0.2) is 48.5 Å². The quantitative estimate of drug-likeness (QED) is 0.450. The molecule has 0 fully saturated rings. The molecule has 1 aliphatic carbocycles. The molecule has 0 radical (unpaired) electrons. The molecule has 124 valence electrons. The van der Waals surface area contributed by atoms with Crippen LogP contribution < -0.4 is 0 Å². The number of fused-ring (bicyclic) bond motifs is 6. The van der Waals surface area contributed by atoms with Crippen molar-refractivity contribution in [2.24, 2.45) is 0 Å². The van der Waals surface area contributed by atoms with Gasteiger partial charge in [0.1, 0.15) is 5.65 Å². The van der Waals surface area contributed by atoms with Crippen LogP contribution >= 0.6 is 0 Å². The Kier molecular flexibility index (Phi) is 2.82. The third kappa shape index (κ3) is 2.02. The number of alkyl halides is 3. The number of aryl methyl sites for hydroxylation is 1. The number of nitrogens with zero attached hydrogens (tertiary/aromatic N) is 1. The van der Waals surface area contributed by atoms with Gasteiger partial charge < -0.3 is 4.98 Å². The summed E-state index contributed by atoms with van der Waals surface area (Å²) in [7, 11) is 0. The van der Waals surface area contributed by atoms with Crippen molar-refractivity contribution in [1.29, 1.82) is 0 Å². The van der Waals surface area contributed by atoms with E-state index in [2.05, 4.69) is 9.97 Å². The van der Waals surface area contributed by atoms with Gasteiger partial charge >= 0.3 is 6.18 Å². The lowest BCUT2D eigenvalue weighted by Crippen LogP contribution is -2.16. The fourth-order valence-electron chi connectivity index (χ4n) is 3.92. The molecular weight excluding hydrogens is 325 g/mol. The summed E-state index contributed by atoms with van der Waals surface area (Å²) in [4.78, 5) is 7.67. The van der Waals surface area contributed by atoms with Crippen molar-refractivity contribution in [3.63, 3.8) is 0 Å². The number of pyridine rings is 1. The van der Waals surface area contributed by atoms with Gasteiger partial charge in [-0.25, -0.2) is 4.98 Å². The molecule has 0 spiro atoms. The number of H-pyrrole nitrogens is 1. The van der Waals surface area contributed by atoms with Gasteiger partial charge in [-0.05, 0) is 30.0 Å². The minimum absolute atomic E-state index is 0.182. The molecular formula is C20H13F3N2. The van der Waals surface area contributed by atoms with Gasteiger partial charge in [0.2, 0.25) is 0 Å². The smallest absolute Gasteiger partial charge is 0.339 e. The summed E-state index contributed by atoms with van der Waals surface area (Å²) in [6.07, 6.45) is -3.48. The molecule has 5 heteroatoms. The Hall–Kier alpha value is -2.82. The number of halogens is 3. The first-order chi connectivity index (χ1) is 12.0. The van der Waals surface area contributed by atoms with Crippen molar-refractivity contribution in [2.45, 2.75) is 19.0 Å². The molecule has 2 heterocycles. The van der Waals surface area contributed by atoms with Gasteiger partial charge in [0.15, 0.2) is 0 Å². The number of para-hydroxylation sites is 1. The largest absolute Gasteiger partial charge is 0.417 e. The lowest BCUT2D eigenvalue weighted by atomic mass is 9.85. The highest BCUT2D eigenvalue weighted by Gasteiger charge is 2.39. The predicted octanol–water partition coefficient (Wildman–Crippen LogP) is 5.50. The molecule has 0 atom stereocenters. The Balaban J connectivity index is 1.99. The SMILES string of the molecule is FC(F)(F)c1c2c(nc3[nH]c4ccccc4c13)-c1ccccc1CC2. The molecule has 0 saturated carbocycles. The first-order valence-corrected chi connectivity index (χ1v) is 8.13. The van der Waals surface area contributed by atoms with Crippen LogP contribution in [0.25, 0.3) is 33.2 Å². The third-order valence-electron chi connectivity index (χ3n) is 4.95. The van der Waals surface area contributed by atoms with Crippen molar-refractivity contribution in [3.05, 3.63) is 65.2 Å². The van der Waals surface area contributed by atoms with E-state index < -0.39 is 11.7 Å². The Bertz CT molecular complexity index is 1140. The highest BCUT2D eigenvalue weighted by molar-refractivity contribution is 6.09. The topological polar surface area (TPSA) is 28.7 Å². The fraction of sp³-hybridized carbons (Fsp3) is 0.150. The summed E-state index contributed by atoms with van der Waals surface area (Å²) in [6, 6.07) is 14.6.